The van der Waals surface area contributed by atoms with E-state index in [4.69, 9.17) is 4.42 Å². The van der Waals surface area contributed by atoms with Crippen LogP contribution in [0.1, 0.15) is 24.0 Å². The van der Waals surface area contributed by atoms with Crippen molar-refractivity contribution in [1.29, 1.82) is 0 Å². The summed E-state index contributed by atoms with van der Waals surface area (Å²) in [6.45, 7) is 5.74. The van der Waals surface area contributed by atoms with Gasteiger partial charge in [-0.05, 0) is 30.7 Å². The molecule has 1 aliphatic rings. The van der Waals surface area contributed by atoms with Gasteiger partial charge in [0.25, 0.3) is 0 Å². The Morgan fingerprint density at radius 1 is 1.29 bits per heavy atom. The van der Waals surface area contributed by atoms with Gasteiger partial charge >= 0.3 is 0 Å². The average Bonchev–Trinajstić information content (AvgIpc) is 2.52. The van der Waals surface area contributed by atoms with E-state index in [2.05, 4.69) is 19.6 Å². The molecule has 0 saturated carbocycles. The molecule has 70 valence electrons. The van der Waals surface area contributed by atoms with Crippen LogP contribution < -0.4 is 0 Å². The first kappa shape index (κ1) is 8.82. The largest absolute Gasteiger partial charge is 0.457 e. The molecule has 1 heteroatoms. The molecular formula is C13H12O. The highest BCUT2D eigenvalue weighted by Crippen LogP contribution is 2.22. The molecule has 0 bridgehead atoms. The summed E-state index contributed by atoms with van der Waals surface area (Å²) < 4.78 is 5.58. The third-order valence-electron chi connectivity index (χ3n) is 2.12. The number of rotatable bonds is 1. The van der Waals surface area contributed by atoms with E-state index in [0.717, 1.165) is 17.1 Å². The Kier molecular flexibility index (Phi) is 2.23. The van der Waals surface area contributed by atoms with Crippen molar-refractivity contribution < 1.29 is 4.42 Å². The summed E-state index contributed by atoms with van der Waals surface area (Å²) in [6.07, 6.45) is 11.9. The van der Waals surface area contributed by atoms with Gasteiger partial charge in [0.05, 0.1) is 0 Å². The van der Waals surface area contributed by atoms with Crippen LogP contribution in [0.5, 0.6) is 0 Å². The SMILES string of the molecule is C=Cc1cc2c(o1)C=C(C)C=CC=C2. The Morgan fingerprint density at radius 2 is 2.07 bits per heavy atom. The lowest BCUT2D eigenvalue weighted by Gasteiger charge is -1.95. The maximum absolute atomic E-state index is 5.58. The van der Waals surface area contributed by atoms with E-state index in [1.165, 1.54) is 5.57 Å². The highest BCUT2D eigenvalue weighted by atomic mass is 16.3. The van der Waals surface area contributed by atoms with Crippen molar-refractivity contribution in [2.24, 2.45) is 0 Å². The number of hydrogen-bond acceptors (Lipinski definition) is 1. The van der Waals surface area contributed by atoms with Gasteiger partial charge in [0, 0.05) is 5.56 Å². The molecule has 0 spiro atoms. The van der Waals surface area contributed by atoms with Gasteiger partial charge in [-0.2, -0.15) is 0 Å². The normalized spacial score (nSPS) is 14.2. The molecule has 0 aromatic carbocycles. The van der Waals surface area contributed by atoms with Crippen molar-refractivity contribution in [3.63, 3.8) is 0 Å². The molecule has 0 unspecified atom stereocenters. The van der Waals surface area contributed by atoms with Crippen molar-refractivity contribution in [1.82, 2.24) is 0 Å². The average molecular weight is 184 g/mol. The second kappa shape index (κ2) is 3.54. The Bertz CT molecular complexity index is 442. The third-order valence-corrected chi connectivity index (χ3v) is 2.12. The van der Waals surface area contributed by atoms with Gasteiger partial charge in [-0.3, -0.25) is 0 Å². The Hall–Kier alpha value is -1.76. The third kappa shape index (κ3) is 1.62. The van der Waals surface area contributed by atoms with Crippen LogP contribution in [-0.4, -0.2) is 0 Å². The van der Waals surface area contributed by atoms with Crippen LogP contribution in [0, 0.1) is 0 Å². The van der Waals surface area contributed by atoms with Crippen LogP contribution in [0.15, 0.2) is 40.9 Å². The summed E-state index contributed by atoms with van der Waals surface area (Å²) in [6, 6.07) is 1.99. The van der Waals surface area contributed by atoms with Crippen molar-refractivity contribution in [3.8, 4) is 0 Å². The minimum absolute atomic E-state index is 0.811. The predicted molar refractivity (Wildman–Crippen MR) is 60.6 cm³/mol. The van der Waals surface area contributed by atoms with E-state index in [1.54, 1.807) is 6.08 Å². The summed E-state index contributed by atoms with van der Waals surface area (Å²) in [5.74, 6) is 1.71. The maximum atomic E-state index is 5.58. The molecule has 14 heavy (non-hydrogen) atoms. The molecule has 1 nitrogen and oxygen atoms in total. The van der Waals surface area contributed by atoms with Crippen LogP contribution >= 0.6 is 0 Å². The highest BCUT2D eigenvalue weighted by molar-refractivity contribution is 5.68. The highest BCUT2D eigenvalue weighted by Gasteiger charge is 2.05. The molecule has 0 radical (unpaired) electrons. The monoisotopic (exact) mass is 184 g/mol. The van der Waals surface area contributed by atoms with Crippen molar-refractivity contribution in [2.75, 3.05) is 0 Å². The molecule has 1 aromatic heterocycles. The molecule has 1 aromatic rings. The van der Waals surface area contributed by atoms with Gasteiger partial charge in [-0.15, -0.1) is 0 Å². The molecule has 0 atom stereocenters. The number of furan rings is 1. The Balaban J connectivity index is 2.55. The first-order valence-electron chi connectivity index (χ1n) is 4.59. The van der Waals surface area contributed by atoms with E-state index < -0.39 is 0 Å². The van der Waals surface area contributed by atoms with E-state index in [0.29, 0.717) is 0 Å². The van der Waals surface area contributed by atoms with Crippen LogP contribution in [0.25, 0.3) is 18.2 Å². The van der Waals surface area contributed by atoms with Gasteiger partial charge in [-0.25, -0.2) is 0 Å². The summed E-state index contributed by atoms with van der Waals surface area (Å²) in [5, 5.41) is 0. The molecule has 0 fully saturated rings. The zero-order valence-electron chi connectivity index (χ0n) is 8.16. The Labute approximate surface area is 83.7 Å². The molecular weight excluding hydrogens is 172 g/mol. The lowest BCUT2D eigenvalue weighted by Crippen LogP contribution is -1.76. The zero-order valence-corrected chi connectivity index (χ0v) is 8.16. The van der Waals surface area contributed by atoms with Gasteiger partial charge in [0.2, 0.25) is 0 Å². The van der Waals surface area contributed by atoms with E-state index in [1.807, 2.05) is 30.4 Å². The minimum atomic E-state index is 0.811. The second-order valence-corrected chi connectivity index (χ2v) is 3.28. The molecule has 0 N–H and O–H groups in total. The number of allylic oxidation sites excluding steroid dienone is 4. The fourth-order valence-electron chi connectivity index (χ4n) is 1.40. The van der Waals surface area contributed by atoms with Crippen molar-refractivity contribution in [2.45, 2.75) is 6.92 Å². The fourth-order valence-corrected chi connectivity index (χ4v) is 1.40. The summed E-state index contributed by atoms with van der Waals surface area (Å²) in [7, 11) is 0. The molecule has 0 saturated heterocycles. The molecule has 1 aliphatic carbocycles. The van der Waals surface area contributed by atoms with Gasteiger partial charge in [0.15, 0.2) is 0 Å². The second-order valence-electron chi connectivity index (χ2n) is 3.28. The predicted octanol–water partition coefficient (Wildman–Crippen LogP) is 3.91. The maximum Gasteiger partial charge on any atom is 0.135 e. The Morgan fingerprint density at radius 3 is 2.86 bits per heavy atom. The van der Waals surface area contributed by atoms with E-state index in [-0.39, 0.29) is 0 Å². The van der Waals surface area contributed by atoms with Crippen LogP contribution in [0.2, 0.25) is 0 Å². The van der Waals surface area contributed by atoms with E-state index in [9.17, 15) is 0 Å². The molecule has 1 heterocycles. The summed E-state index contributed by atoms with van der Waals surface area (Å²) in [4.78, 5) is 0. The van der Waals surface area contributed by atoms with Crippen molar-refractivity contribution >= 4 is 18.2 Å². The fraction of sp³-hybridized carbons (Fsp3) is 0.0769. The summed E-state index contributed by atoms with van der Waals surface area (Å²) >= 11 is 0. The quantitative estimate of drug-likeness (QED) is 0.645. The van der Waals surface area contributed by atoms with Gasteiger partial charge in [0.1, 0.15) is 11.5 Å². The van der Waals surface area contributed by atoms with Crippen molar-refractivity contribution in [3.05, 3.63) is 53.5 Å². The van der Waals surface area contributed by atoms with Crippen LogP contribution in [-0.2, 0) is 0 Å². The topological polar surface area (TPSA) is 13.1 Å². The van der Waals surface area contributed by atoms with Gasteiger partial charge in [-0.1, -0.05) is 30.9 Å². The number of fused-ring (bicyclic) bond motifs is 1. The van der Waals surface area contributed by atoms with Gasteiger partial charge < -0.3 is 4.42 Å². The molecule has 0 amide bonds. The summed E-state index contributed by atoms with van der Waals surface area (Å²) in [5.41, 5.74) is 2.28. The van der Waals surface area contributed by atoms with E-state index >= 15 is 0 Å². The standard InChI is InChI=1S/C13H12O/c1-3-12-9-11-7-5-4-6-10(2)8-13(11)14-12/h3-9H,1H2,2H3. The zero-order chi connectivity index (χ0) is 9.97. The minimum Gasteiger partial charge on any atom is -0.457 e. The van der Waals surface area contributed by atoms with Crippen LogP contribution in [0.3, 0.4) is 0 Å². The lowest BCUT2D eigenvalue weighted by molar-refractivity contribution is 0.546. The van der Waals surface area contributed by atoms with Crippen LogP contribution in [0.4, 0.5) is 0 Å². The smallest absolute Gasteiger partial charge is 0.135 e. The number of hydrogen-bond donors (Lipinski definition) is 0. The first-order chi connectivity index (χ1) is 6.79. The lowest BCUT2D eigenvalue weighted by atomic mass is 10.1. The molecule has 2 rings (SSSR count). The first-order valence-corrected chi connectivity index (χ1v) is 4.59. The molecule has 0 aliphatic heterocycles.